The van der Waals surface area contributed by atoms with Gasteiger partial charge in [0.15, 0.2) is 0 Å². The third kappa shape index (κ3) is 3.61. The number of sulfonamides is 1. The average Bonchev–Trinajstić information content (AvgIpc) is 2.33. The number of nitrogens with two attached hydrogens (primary N) is 1. The van der Waals surface area contributed by atoms with Gasteiger partial charge in [-0.15, -0.1) is 0 Å². The van der Waals surface area contributed by atoms with Crippen molar-refractivity contribution >= 4 is 33.2 Å². The fourth-order valence-corrected chi connectivity index (χ4v) is 2.21. The van der Waals surface area contributed by atoms with Crippen LogP contribution in [0.1, 0.15) is 0 Å². The summed E-state index contributed by atoms with van der Waals surface area (Å²) >= 11 is 11.8. The summed E-state index contributed by atoms with van der Waals surface area (Å²) in [6.45, 7) is 0. The van der Waals surface area contributed by atoms with E-state index in [1.165, 1.54) is 24.3 Å². The van der Waals surface area contributed by atoms with E-state index >= 15 is 0 Å². The Hall–Kier alpha value is -1.27. The first kappa shape index (κ1) is 14.1. The highest BCUT2D eigenvalue weighted by Crippen LogP contribution is 2.32. The van der Waals surface area contributed by atoms with Gasteiger partial charge in [-0.25, -0.2) is 13.6 Å². The zero-order valence-electron chi connectivity index (χ0n) is 9.51. The van der Waals surface area contributed by atoms with Gasteiger partial charge in [0.05, 0.1) is 9.92 Å². The molecule has 19 heavy (non-hydrogen) atoms. The van der Waals surface area contributed by atoms with Crippen LogP contribution in [0.4, 0.5) is 0 Å². The van der Waals surface area contributed by atoms with Gasteiger partial charge in [0, 0.05) is 11.1 Å². The molecule has 0 atom stereocenters. The molecule has 0 aromatic heterocycles. The van der Waals surface area contributed by atoms with Crippen molar-refractivity contribution in [3.63, 3.8) is 0 Å². The van der Waals surface area contributed by atoms with Gasteiger partial charge < -0.3 is 4.74 Å². The van der Waals surface area contributed by atoms with Gasteiger partial charge >= 0.3 is 0 Å². The predicted molar refractivity (Wildman–Crippen MR) is 74.4 cm³/mol. The monoisotopic (exact) mass is 317 g/mol. The Morgan fingerprint density at radius 1 is 1.00 bits per heavy atom. The second kappa shape index (κ2) is 5.38. The van der Waals surface area contributed by atoms with E-state index < -0.39 is 10.0 Å². The summed E-state index contributed by atoms with van der Waals surface area (Å²) in [5.41, 5.74) is 0. The van der Waals surface area contributed by atoms with Gasteiger partial charge in [0.25, 0.3) is 0 Å². The van der Waals surface area contributed by atoms with Crippen molar-refractivity contribution in [2.75, 3.05) is 0 Å². The molecule has 0 aliphatic carbocycles. The van der Waals surface area contributed by atoms with Crippen molar-refractivity contribution in [2.45, 2.75) is 4.90 Å². The Morgan fingerprint density at radius 2 is 1.63 bits per heavy atom. The van der Waals surface area contributed by atoms with Crippen molar-refractivity contribution in [3.8, 4) is 11.5 Å². The maximum Gasteiger partial charge on any atom is 0.238 e. The molecule has 2 rings (SSSR count). The number of primary sulfonamides is 1. The van der Waals surface area contributed by atoms with Crippen LogP contribution in [0.3, 0.4) is 0 Å². The lowest BCUT2D eigenvalue weighted by molar-refractivity contribution is 0.482. The van der Waals surface area contributed by atoms with E-state index in [-0.39, 0.29) is 4.90 Å². The molecule has 0 saturated heterocycles. The first-order chi connectivity index (χ1) is 8.86. The number of benzene rings is 2. The lowest BCUT2D eigenvalue weighted by Gasteiger charge is -2.08. The van der Waals surface area contributed by atoms with Crippen molar-refractivity contribution in [3.05, 3.63) is 52.5 Å². The maximum absolute atomic E-state index is 11.1. The zero-order chi connectivity index (χ0) is 14.0. The number of hydrogen-bond acceptors (Lipinski definition) is 3. The van der Waals surface area contributed by atoms with Gasteiger partial charge in [0.1, 0.15) is 11.5 Å². The average molecular weight is 318 g/mol. The van der Waals surface area contributed by atoms with Gasteiger partial charge in [-0.1, -0.05) is 23.2 Å². The fourth-order valence-electron chi connectivity index (χ4n) is 1.38. The first-order valence-electron chi connectivity index (χ1n) is 5.12. The van der Waals surface area contributed by atoms with E-state index in [2.05, 4.69) is 0 Å². The summed E-state index contributed by atoms with van der Waals surface area (Å²) in [6, 6.07) is 10.5. The Bertz CT molecular complexity index is 699. The first-order valence-corrected chi connectivity index (χ1v) is 7.42. The fraction of sp³-hybridized carbons (Fsp3) is 0. The molecule has 0 aliphatic heterocycles. The number of hydrogen-bond donors (Lipinski definition) is 1. The third-order valence-electron chi connectivity index (χ3n) is 2.27. The molecule has 0 radical (unpaired) electrons. The van der Waals surface area contributed by atoms with E-state index in [0.29, 0.717) is 21.5 Å². The summed E-state index contributed by atoms with van der Waals surface area (Å²) in [5, 5.41) is 5.89. The Balaban J connectivity index is 2.27. The molecule has 0 amide bonds. The van der Waals surface area contributed by atoms with E-state index in [0.717, 1.165) is 0 Å². The molecule has 0 unspecified atom stereocenters. The van der Waals surface area contributed by atoms with E-state index in [1.807, 2.05) is 0 Å². The second-order valence-corrected chi connectivity index (χ2v) is 6.10. The van der Waals surface area contributed by atoms with Crippen LogP contribution < -0.4 is 9.88 Å². The van der Waals surface area contributed by atoms with Crippen LogP contribution in [0.5, 0.6) is 11.5 Å². The quantitative estimate of drug-likeness (QED) is 0.942. The highest BCUT2D eigenvalue weighted by molar-refractivity contribution is 7.89. The lowest BCUT2D eigenvalue weighted by atomic mass is 10.3. The Labute approximate surface area is 120 Å². The highest BCUT2D eigenvalue weighted by atomic mass is 35.5. The Kier molecular flexibility index (Phi) is 4.01. The summed E-state index contributed by atoms with van der Waals surface area (Å²) in [4.78, 5) is 0.0111. The van der Waals surface area contributed by atoms with Crippen LogP contribution >= 0.6 is 23.2 Å². The van der Waals surface area contributed by atoms with Gasteiger partial charge in [0.2, 0.25) is 10.0 Å². The minimum absolute atomic E-state index is 0.0111. The lowest BCUT2D eigenvalue weighted by Crippen LogP contribution is -2.11. The van der Waals surface area contributed by atoms with Crippen LogP contribution in [0.25, 0.3) is 0 Å². The highest BCUT2D eigenvalue weighted by Gasteiger charge is 2.08. The molecule has 0 bridgehead atoms. The van der Waals surface area contributed by atoms with Gasteiger partial charge in [-0.3, -0.25) is 0 Å². The van der Waals surface area contributed by atoms with Crippen LogP contribution in [0, 0.1) is 0 Å². The number of rotatable bonds is 3. The molecule has 4 nitrogen and oxygen atoms in total. The predicted octanol–water partition coefficient (Wildman–Crippen LogP) is 3.43. The minimum Gasteiger partial charge on any atom is -0.456 e. The number of ether oxygens (including phenoxy) is 1. The van der Waals surface area contributed by atoms with Crippen LogP contribution in [0.2, 0.25) is 10.0 Å². The molecule has 2 aromatic rings. The molecule has 2 aromatic carbocycles. The van der Waals surface area contributed by atoms with Crippen molar-refractivity contribution in [1.29, 1.82) is 0 Å². The topological polar surface area (TPSA) is 69.4 Å². The SMILES string of the molecule is NS(=O)(=O)c1ccc(Oc2cc(Cl)ccc2Cl)cc1. The molecule has 0 heterocycles. The maximum atomic E-state index is 11.1. The zero-order valence-corrected chi connectivity index (χ0v) is 11.8. The van der Waals surface area contributed by atoms with Gasteiger partial charge in [-0.2, -0.15) is 0 Å². The molecule has 0 saturated carbocycles. The minimum atomic E-state index is -3.71. The van der Waals surface area contributed by atoms with Crippen LogP contribution in [0.15, 0.2) is 47.4 Å². The van der Waals surface area contributed by atoms with E-state index in [4.69, 9.17) is 33.1 Å². The molecular formula is C12H9Cl2NO3S. The van der Waals surface area contributed by atoms with Crippen LogP contribution in [-0.2, 0) is 10.0 Å². The van der Waals surface area contributed by atoms with Crippen LogP contribution in [-0.4, -0.2) is 8.42 Å². The largest absolute Gasteiger partial charge is 0.456 e. The van der Waals surface area contributed by atoms with Crippen molar-refractivity contribution in [2.24, 2.45) is 5.14 Å². The summed E-state index contributed by atoms with van der Waals surface area (Å²) in [6.07, 6.45) is 0. The molecule has 2 N–H and O–H groups in total. The van der Waals surface area contributed by atoms with E-state index in [1.54, 1.807) is 18.2 Å². The standard InChI is InChI=1S/C12H9Cl2NO3S/c13-8-1-6-11(14)12(7-8)18-9-2-4-10(5-3-9)19(15,16)17/h1-7H,(H2,15,16,17). The summed E-state index contributed by atoms with van der Waals surface area (Å²) in [5.74, 6) is 0.814. The van der Waals surface area contributed by atoms with E-state index in [9.17, 15) is 8.42 Å². The number of halogens is 2. The second-order valence-electron chi connectivity index (χ2n) is 3.69. The molecule has 100 valence electrons. The molecule has 0 spiro atoms. The van der Waals surface area contributed by atoms with Crippen molar-refractivity contribution in [1.82, 2.24) is 0 Å². The van der Waals surface area contributed by atoms with Gasteiger partial charge in [-0.05, 0) is 36.4 Å². The van der Waals surface area contributed by atoms with Crippen molar-refractivity contribution < 1.29 is 13.2 Å². The Morgan fingerprint density at radius 3 is 2.21 bits per heavy atom. The normalized spacial score (nSPS) is 11.3. The molecule has 0 fully saturated rings. The molecule has 7 heteroatoms. The summed E-state index contributed by atoms with van der Waals surface area (Å²) in [7, 11) is -3.71. The smallest absolute Gasteiger partial charge is 0.238 e. The molecule has 0 aliphatic rings. The summed E-state index contributed by atoms with van der Waals surface area (Å²) < 4.78 is 27.7. The third-order valence-corrected chi connectivity index (χ3v) is 3.75. The molecular weight excluding hydrogens is 309 g/mol.